The fourth-order valence-corrected chi connectivity index (χ4v) is 2.09. The lowest BCUT2D eigenvalue weighted by Gasteiger charge is -2.07. The van der Waals surface area contributed by atoms with Gasteiger partial charge in [0.2, 0.25) is 5.82 Å². The molecular formula is C17H15N3O5. The van der Waals surface area contributed by atoms with E-state index in [1.807, 2.05) is 0 Å². The summed E-state index contributed by atoms with van der Waals surface area (Å²) < 4.78 is 20.7. The van der Waals surface area contributed by atoms with Crippen molar-refractivity contribution < 1.29 is 23.5 Å². The van der Waals surface area contributed by atoms with E-state index >= 15 is 0 Å². The molecule has 0 spiro atoms. The maximum atomic E-state index is 11.9. The molecule has 0 aliphatic rings. The number of hydrogen-bond acceptors (Lipinski definition) is 8. The van der Waals surface area contributed by atoms with Gasteiger partial charge in [-0.05, 0) is 24.3 Å². The summed E-state index contributed by atoms with van der Waals surface area (Å²) in [5.41, 5.74) is 0.841. The van der Waals surface area contributed by atoms with Gasteiger partial charge in [0.25, 0.3) is 5.89 Å². The van der Waals surface area contributed by atoms with Crippen molar-refractivity contribution in [1.82, 2.24) is 15.1 Å². The summed E-state index contributed by atoms with van der Waals surface area (Å²) in [6, 6.07) is 10.2. The van der Waals surface area contributed by atoms with Crippen LogP contribution >= 0.6 is 0 Å². The Hall–Kier alpha value is -3.42. The number of hydrogen-bond donors (Lipinski definition) is 0. The van der Waals surface area contributed by atoms with Crippen molar-refractivity contribution in [3.8, 4) is 22.9 Å². The van der Waals surface area contributed by atoms with E-state index in [9.17, 15) is 4.79 Å². The number of methoxy groups -OCH3 is 2. The Morgan fingerprint density at radius 2 is 2.04 bits per heavy atom. The Labute approximate surface area is 143 Å². The third-order valence-corrected chi connectivity index (χ3v) is 3.32. The van der Waals surface area contributed by atoms with Crippen LogP contribution in [0.3, 0.4) is 0 Å². The summed E-state index contributed by atoms with van der Waals surface area (Å²) in [4.78, 5) is 20.0. The molecule has 0 radical (unpaired) electrons. The molecule has 0 atom stereocenters. The highest BCUT2D eigenvalue weighted by Gasteiger charge is 2.16. The molecule has 0 aliphatic carbocycles. The Balaban J connectivity index is 1.71. The zero-order chi connectivity index (χ0) is 17.6. The van der Waals surface area contributed by atoms with E-state index in [1.54, 1.807) is 43.5 Å². The van der Waals surface area contributed by atoms with Crippen LogP contribution in [-0.2, 0) is 11.3 Å². The molecule has 0 saturated heterocycles. The standard InChI is InChI=1S/C17H15N3O5/c1-22-11-6-7-12(14(9-11)23-2)16-19-15(25-20-16)10-24-17(21)13-5-3-4-8-18-13/h3-9H,10H2,1-2H3. The fourth-order valence-electron chi connectivity index (χ4n) is 2.09. The molecule has 0 amide bonds. The highest BCUT2D eigenvalue weighted by molar-refractivity contribution is 5.87. The van der Waals surface area contributed by atoms with Gasteiger partial charge in [-0.15, -0.1) is 0 Å². The number of benzene rings is 1. The first-order valence-electron chi connectivity index (χ1n) is 7.34. The molecule has 25 heavy (non-hydrogen) atoms. The first-order valence-corrected chi connectivity index (χ1v) is 7.34. The molecule has 0 N–H and O–H groups in total. The summed E-state index contributed by atoms with van der Waals surface area (Å²) in [5.74, 6) is 1.11. The predicted octanol–water partition coefficient (Wildman–Crippen LogP) is 2.51. The Morgan fingerprint density at radius 1 is 1.16 bits per heavy atom. The third-order valence-electron chi connectivity index (χ3n) is 3.32. The largest absolute Gasteiger partial charge is 0.497 e. The Morgan fingerprint density at radius 3 is 2.76 bits per heavy atom. The van der Waals surface area contributed by atoms with Gasteiger partial charge in [0, 0.05) is 12.3 Å². The quantitative estimate of drug-likeness (QED) is 0.631. The van der Waals surface area contributed by atoms with E-state index in [4.69, 9.17) is 18.7 Å². The summed E-state index contributed by atoms with van der Waals surface area (Å²) in [5, 5.41) is 3.89. The number of carbonyl (C=O) groups is 1. The molecular weight excluding hydrogens is 326 g/mol. The van der Waals surface area contributed by atoms with E-state index in [2.05, 4.69) is 15.1 Å². The minimum absolute atomic E-state index is 0.152. The van der Waals surface area contributed by atoms with Crippen molar-refractivity contribution >= 4 is 5.97 Å². The molecule has 3 aromatic rings. The second-order valence-corrected chi connectivity index (χ2v) is 4.87. The fraction of sp³-hybridized carbons (Fsp3) is 0.176. The summed E-state index contributed by atoms with van der Waals surface area (Å²) >= 11 is 0. The normalized spacial score (nSPS) is 10.3. The molecule has 2 aromatic heterocycles. The molecule has 0 saturated carbocycles. The number of esters is 1. The molecule has 0 bridgehead atoms. The van der Waals surface area contributed by atoms with E-state index < -0.39 is 5.97 Å². The van der Waals surface area contributed by atoms with Gasteiger partial charge in [0.1, 0.15) is 17.2 Å². The van der Waals surface area contributed by atoms with Crippen LogP contribution < -0.4 is 9.47 Å². The van der Waals surface area contributed by atoms with Gasteiger partial charge >= 0.3 is 5.97 Å². The lowest BCUT2D eigenvalue weighted by atomic mass is 10.2. The number of aromatic nitrogens is 3. The van der Waals surface area contributed by atoms with E-state index in [1.165, 1.54) is 13.3 Å². The van der Waals surface area contributed by atoms with Crippen LogP contribution in [0.2, 0.25) is 0 Å². The first-order chi connectivity index (χ1) is 12.2. The molecule has 2 heterocycles. The number of ether oxygens (including phenoxy) is 3. The minimum Gasteiger partial charge on any atom is -0.497 e. The molecule has 0 unspecified atom stereocenters. The van der Waals surface area contributed by atoms with Crippen molar-refractivity contribution in [2.45, 2.75) is 6.61 Å². The van der Waals surface area contributed by atoms with Crippen LogP contribution in [-0.4, -0.2) is 35.3 Å². The second kappa shape index (κ2) is 7.43. The highest BCUT2D eigenvalue weighted by atomic mass is 16.6. The maximum absolute atomic E-state index is 11.9. The van der Waals surface area contributed by atoms with Crippen molar-refractivity contribution in [1.29, 1.82) is 0 Å². The average Bonchev–Trinajstić information content (AvgIpc) is 3.15. The molecule has 0 aliphatic heterocycles. The summed E-state index contributed by atoms with van der Waals surface area (Å²) in [7, 11) is 3.10. The second-order valence-electron chi connectivity index (χ2n) is 4.87. The number of pyridine rings is 1. The number of rotatable bonds is 6. The Kier molecular flexibility index (Phi) is 4.89. The molecule has 3 rings (SSSR count). The third kappa shape index (κ3) is 3.74. The maximum Gasteiger partial charge on any atom is 0.357 e. The van der Waals surface area contributed by atoms with Gasteiger partial charge in [0.05, 0.1) is 19.8 Å². The number of carbonyl (C=O) groups excluding carboxylic acids is 1. The smallest absolute Gasteiger partial charge is 0.357 e. The van der Waals surface area contributed by atoms with Gasteiger partial charge in [-0.25, -0.2) is 9.78 Å². The van der Waals surface area contributed by atoms with Crippen molar-refractivity contribution in [2.24, 2.45) is 0 Å². The molecule has 128 valence electrons. The van der Waals surface area contributed by atoms with Crippen LogP contribution in [0.15, 0.2) is 47.1 Å². The SMILES string of the molecule is COc1ccc(-c2noc(COC(=O)c3ccccn3)n2)c(OC)c1. The van der Waals surface area contributed by atoms with Gasteiger partial charge in [-0.2, -0.15) is 4.98 Å². The topological polar surface area (TPSA) is 96.6 Å². The van der Waals surface area contributed by atoms with Gasteiger partial charge in [-0.1, -0.05) is 11.2 Å². The van der Waals surface area contributed by atoms with Crippen molar-refractivity contribution in [3.63, 3.8) is 0 Å². The van der Waals surface area contributed by atoms with Crippen LogP contribution in [0.25, 0.3) is 11.4 Å². The van der Waals surface area contributed by atoms with Gasteiger partial charge < -0.3 is 18.7 Å². The summed E-state index contributed by atoms with van der Waals surface area (Å²) in [6.45, 7) is -0.152. The highest BCUT2D eigenvalue weighted by Crippen LogP contribution is 2.31. The predicted molar refractivity (Wildman–Crippen MR) is 86.2 cm³/mol. The zero-order valence-corrected chi connectivity index (χ0v) is 13.6. The van der Waals surface area contributed by atoms with Gasteiger partial charge in [-0.3, -0.25) is 0 Å². The number of nitrogens with zero attached hydrogens (tertiary/aromatic N) is 3. The molecule has 8 nitrogen and oxygen atoms in total. The lowest BCUT2D eigenvalue weighted by molar-refractivity contribution is 0.0423. The zero-order valence-electron chi connectivity index (χ0n) is 13.6. The monoisotopic (exact) mass is 341 g/mol. The van der Waals surface area contributed by atoms with Crippen molar-refractivity contribution in [3.05, 3.63) is 54.2 Å². The Bertz CT molecular complexity index is 864. The van der Waals surface area contributed by atoms with Crippen LogP contribution in [0.1, 0.15) is 16.4 Å². The summed E-state index contributed by atoms with van der Waals surface area (Å²) in [6.07, 6.45) is 1.51. The van der Waals surface area contributed by atoms with Crippen LogP contribution in [0, 0.1) is 0 Å². The molecule has 8 heteroatoms. The van der Waals surface area contributed by atoms with Gasteiger partial charge in [0.15, 0.2) is 6.61 Å². The first kappa shape index (κ1) is 16.4. The van der Waals surface area contributed by atoms with E-state index in [0.29, 0.717) is 22.9 Å². The van der Waals surface area contributed by atoms with E-state index in [-0.39, 0.29) is 18.2 Å². The van der Waals surface area contributed by atoms with Crippen molar-refractivity contribution in [2.75, 3.05) is 14.2 Å². The average molecular weight is 341 g/mol. The minimum atomic E-state index is -0.567. The molecule has 0 fully saturated rings. The lowest BCUT2D eigenvalue weighted by Crippen LogP contribution is -2.07. The molecule has 1 aromatic carbocycles. The van der Waals surface area contributed by atoms with Crippen LogP contribution in [0.5, 0.6) is 11.5 Å². The van der Waals surface area contributed by atoms with E-state index in [0.717, 1.165) is 0 Å². The van der Waals surface area contributed by atoms with Crippen LogP contribution in [0.4, 0.5) is 0 Å².